The lowest BCUT2D eigenvalue weighted by Crippen LogP contribution is -2.45. The fraction of sp³-hybridized carbons (Fsp3) is 0.222. The fourth-order valence-electron chi connectivity index (χ4n) is 2.76. The van der Waals surface area contributed by atoms with E-state index in [1.54, 1.807) is 0 Å². The molecule has 1 N–H and O–H groups in total. The normalized spacial score (nSPS) is 13.4. The molecule has 112 valence electrons. The summed E-state index contributed by atoms with van der Waals surface area (Å²) in [4.78, 5) is 14.2. The molecule has 2 aromatic carbocycles. The molecule has 22 heavy (non-hydrogen) atoms. The Bertz CT molecular complexity index is 684. The van der Waals surface area contributed by atoms with E-state index in [1.807, 2.05) is 47.4 Å². The van der Waals surface area contributed by atoms with Gasteiger partial charge in [0.25, 0.3) is 0 Å². The Balaban J connectivity index is 1.67. The van der Waals surface area contributed by atoms with Gasteiger partial charge < -0.3 is 10.2 Å². The number of carbonyl (C=O) groups is 1. The molecule has 1 amide bonds. The third-order valence-electron chi connectivity index (χ3n) is 3.81. The number of benzene rings is 2. The van der Waals surface area contributed by atoms with Gasteiger partial charge in [0.1, 0.15) is 0 Å². The molecule has 1 heterocycles. The number of hydrogen-bond acceptors (Lipinski definition) is 2. The van der Waals surface area contributed by atoms with E-state index in [2.05, 4.69) is 17.4 Å². The van der Waals surface area contributed by atoms with Crippen LogP contribution in [-0.2, 0) is 17.6 Å². The molecule has 2 aromatic rings. The van der Waals surface area contributed by atoms with Gasteiger partial charge in [0.15, 0.2) is 5.11 Å². The molecule has 0 bridgehead atoms. The van der Waals surface area contributed by atoms with Crippen LogP contribution in [0.5, 0.6) is 0 Å². The minimum absolute atomic E-state index is 0.0701. The highest BCUT2D eigenvalue weighted by Crippen LogP contribution is 2.26. The van der Waals surface area contributed by atoms with Gasteiger partial charge in [-0.1, -0.05) is 48.5 Å². The Morgan fingerprint density at radius 2 is 1.82 bits per heavy atom. The van der Waals surface area contributed by atoms with Gasteiger partial charge in [0.05, 0.1) is 6.42 Å². The average molecular weight is 310 g/mol. The number of amides is 1. The van der Waals surface area contributed by atoms with Gasteiger partial charge >= 0.3 is 0 Å². The van der Waals surface area contributed by atoms with Crippen LogP contribution in [0.25, 0.3) is 0 Å². The van der Waals surface area contributed by atoms with Crippen molar-refractivity contribution in [3.63, 3.8) is 0 Å². The van der Waals surface area contributed by atoms with E-state index in [4.69, 9.17) is 12.2 Å². The Morgan fingerprint density at radius 1 is 1.09 bits per heavy atom. The van der Waals surface area contributed by atoms with Crippen LogP contribution in [0, 0.1) is 0 Å². The number of thiocarbonyl (C=S) groups is 1. The average Bonchev–Trinajstić information content (AvgIpc) is 2.55. The molecule has 0 aromatic heterocycles. The lowest BCUT2D eigenvalue weighted by Gasteiger charge is -2.31. The van der Waals surface area contributed by atoms with Crippen molar-refractivity contribution in [2.24, 2.45) is 0 Å². The van der Waals surface area contributed by atoms with Crippen molar-refractivity contribution < 1.29 is 4.79 Å². The first-order valence-corrected chi connectivity index (χ1v) is 7.88. The minimum Gasteiger partial charge on any atom is -0.318 e. The molecule has 3 rings (SSSR count). The molecule has 0 atom stereocenters. The maximum Gasteiger partial charge on any atom is 0.230 e. The maximum absolute atomic E-state index is 12.2. The Kier molecular flexibility index (Phi) is 4.49. The number of nitrogens with one attached hydrogen (secondary N) is 1. The highest BCUT2D eigenvalue weighted by Gasteiger charge is 2.20. The Labute approximate surface area is 136 Å². The zero-order valence-electron chi connectivity index (χ0n) is 12.3. The van der Waals surface area contributed by atoms with E-state index in [9.17, 15) is 4.79 Å². The number of para-hydroxylation sites is 1. The summed E-state index contributed by atoms with van der Waals surface area (Å²) in [7, 11) is 0. The van der Waals surface area contributed by atoms with Crippen molar-refractivity contribution in [3.05, 3.63) is 65.7 Å². The molecule has 0 aliphatic carbocycles. The number of nitrogens with zero attached hydrogens (tertiary/aromatic N) is 1. The second kappa shape index (κ2) is 6.71. The van der Waals surface area contributed by atoms with E-state index < -0.39 is 0 Å². The van der Waals surface area contributed by atoms with Crippen LogP contribution in [0.15, 0.2) is 54.6 Å². The maximum atomic E-state index is 12.2. The molecule has 0 unspecified atom stereocenters. The standard InChI is InChI=1S/C18H18N2OS/c21-17(13-14-7-2-1-3-8-14)19-18(22)20-12-6-10-15-9-4-5-11-16(15)20/h1-5,7-9,11H,6,10,12-13H2,(H,19,21,22). The number of hydrogen-bond donors (Lipinski definition) is 1. The lowest BCUT2D eigenvalue weighted by molar-refractivity contribution is -0.119. The monoisotopic (exact) mass is 310 g/mol. The van der Waals surface area contributed by atoms with Crippen molar-refractivity contribution in [3.8, 4) is 0 Å². The van der Waals surface area contributed by atoms with Crippen molar-refractivity contribution >= 4 is 28.9 Å². The fourth-order valence-corrected chi connectivity index (χ4v) is 3.06. The third-order valence-corrected chi connectivity index (χ3v) is 4.13. The van der Waals surface area contributed by atoms with Crippen LogP contribution >= 0.6 is 12.2 Å². The Morgan fingerprint density at radius 3 is 2.64 bits per heavy atom. The van der Waals surface area contributed by atoms with Gasteiger partial charge in [0.2, 0.25) is 5.91 Å². The number of fused-ring (bicyclic) bond motifs is 1. The number of anilines is 1. The molecular weight excluding hydrogens is 292 g/mol. The summed E-state index contributed by atoms with van der Waals surface area (Å²) < 4.78 is 0. The van der Waals surface area contributed by atoms with Crippen LogP contribution in [-0.4, -0.2) is 17.6 Å². The van der Waals surface area contributed by atoms with E-state index >= 15 is 0 Å². The molecule has 0 spiro atoms. The van der Waals surface area contributed by atoms with Crippen LogP contribution in [0.1, 0.15) is 17.5 Å². The Hall–Kier alpha value is -2.20. The first kappa shape index (κ1) is 14.7. The van der Waals surface area contributed by atoms with Gasteiger partial charge in [-0.3, -0.25) is 4.79 Å². The molecular formula is C18H18N2OS. The molecule has 1 aliphatic heterocycles. The summed E-state index contributed by atoms with van der Waals surface area (Å²) in [5.74, 6) is -0.0701. The van der Waals surface area contributed by atoms with Crippen molar-refractivity contribution in [1.29, 1.82) is 0 Å². The first-order valence-electron chi connectivity index (χ1n) is 7.47. The van der Waals surface area contributed by atoms with Crippen LogP contribution in [0.2, 0.25) is 0 Å². The number of rotatable bonds is 2. The first-order chi connectivity index (χ1) is 10.7. The quantitative estimate of drug-likeness (QED) is 0.865. The highest BCUT2D eigenvalue weighted by molar-refractivity contribution is 7.80. The number of carbonyl (C=O) groups excluding carboxylic acids is 1. The smallest absolute Gasteiger partial charge is 0.230 e. The summed E-state index contributed by atoms with van der Waals surface area (Å²) in [6.45, 7) is 0.849. The molecule has 0 fully saturated rings. The lowest BCUT2D eigenvalue weighted by atomic mass is 10.0. The van der Waals surface area contributed by atoms with Gasteiger partial charge in [-0.25, -0.2) is 0 Å². The minimum atomic E-state index is -0.0701. The predicted octanol–water partition coefficient (Wildman–Crippen LogP) is 3.08. The van der Waals surface area contributed by atoms with Crippen molar-refractivity contribution in [2.75, 3.05) is 11.4 Å². The molecule has 0 saturated carbocycles. The summed E-state index contributed by atoms with van der Waals surface area (Å²) in [6.07, 6.45) is 2.45. The van der Waals surface area contributed by atoms with E-state index in [-0.39, 0.29) is 5.91 Å². The van der Waals surface area contributed by atoms with Crippen molar-refractivity contribution in [1.82, 2.24) is 5.32 Å². The highest BCUT2D eigenvalue weighted by atomic mass is 32.1. The summed E-state index contributed by atoms with van der Waals surface area (Å²) >= 11 is 5.44. The predicted molar refractivity (Wildman–Crippen MR) is 93.0 cm³/mol. The van der Waals surface area contributed by atoms with E-state index in [0.717, 1.165) is 30.6 Å². The van der Waals surface area contributed by atoms with Crippen LogP contribution < -0.4 is 10.2 Å². The second-order valence-electron chi connectivity index (χ2n) is 5.40. The molecule has 0 radical (unpaired) electrons. The van der Waals surface area contributed by atoms with Crippen LogP contribution in [0.4, 0.5) is 5.69 Å². The second-order valence-corrected chi connectivity index (χ2v) is 5.79. The van der Waals surface area contributed by atoms with Gasteiger partial charge in [-0.15, -0.1) is 0 Å². The zero-order chi connectivity index (χ0) is 15.4. The zero-order valence-corrected chi connectivity index (χ0v) is 13.1. The number of aryl methyl sites for hydroxylation is 1. The van der Waals surface area contributed by atoms with Gasteiger partial charge in [0, 0.05) is 12.2 Å². The van der Waals surface area contributed by atoms with E-state index in [0.29, 0.717) is 11.5 Å². The topological polar surface area (TPSA) is 32.3 Å². The van der Waals surface area contributed by atoms with Gasteiger partial charge in [-0.2, -0.15) is 0 Å². The summed E-state index contributed by atoms with van der Waals surface area (Å²) in [6, 6.07) is 17.9. The van der Waals surface area contributed by atoms with E-state index in [1.165, 1.54) is 5.56 Å². The largest absolute Gasteiger partial charge is 0.318 e. The SMILES string of the molecule is O=C(Cc1ccccc1)NC(=S)N1CCCc2ccccc21. The summed E-state index contributed by atoms with van der Waals surface area (Å²) in [5.41, 5.74) is 3.38. The molecule has 1 aliphatic rings. The third kappa shape index (κ3) is 3.34. The van der Waals surface area contributed by atoms with Gasteiger partial charge in [-0.05, 0) is 42.3 Å². The molecule has 4 heteroatoms. The van der Waals surface area contributed by atoms with Crippen LogP contribution in [0.3, 0.4) is 0 Å². The molecule has 0 saturated heterocycles. The molecule has 3 nitrogen and oxygen atoms in total. The summed E-state index contributed by atoms with van der Waals surface area (Å²) in [5, 5.41) is 3.35. The van der Waals surface area contributed by atoms with Crippen molar-refractivity contribution in [2.45, 2.75) is 19.3 Å².